The number of nitro groups is 1. The number of nitro benzene ring substituents is 1. The van der Waals surface area contributed by atoms with Crippen LogP contribution in [0.1, 0.15) is 29.7 Å². The van der Waals surface area contributed by atoms with E-state index in [1.165, 1.54) is 25.1 Å². The number of carboxylic acids is 1. The second-order valence-electron chi connectivity index (χ2n) is 8.77. The summed E-state index contributed by atoms with van der Waals surface area (Å²) >= 11 is 0. The van der Waals surface area contributed by atoms with Crippen LogP contribution in [0, 0.1) is 35.8 Å². The van der Waals surface area contributed by atoms with Gasteiger partial charge in [0.05, 0.1) is 28.6 Å². The molecule has 2 fully saturated rings. The van der Waals surface area contributed by atoms with Crippen LogP contribution in [0.4, 0.5) is 11.4 Å². The van der Waals surface area contributed by atoms with E-state index in [1.807, 2.05) is 0 Å². The average Bonchev–Trinajstić information content (AvgIpc) is 3.26. The number of nitrogens with zero attached hydrogens (tertiary/aromatic N) is 2. The van der Waals surface area contributed by atoms with E-state index in [1.54, 1.807) is 26.0 Å². The molecule has 178 valence electrons. The SMILES string of the molecule is Cc1cc(C2NC(C(=O)O)(C(C)O)C3C(=O)N(c4cccc([N+](=O)[O-])c4)C(=O)C23)cc(C)c1O. The summed E-state index contributed by atoms with van der Waals surface area (Å²) < 4.78 is 0. The van der Waals surface area contributed by atoms with Gasteiger partial charge in [0.2, 0.25) is 11.8 Å². The zero-order valence-electron chi connectivity index (χ0n) is 18.6. The van der Waals surface area contributed by atoms with E-state index in [2.05, 4.69) is 5.32 Å². The number of aliphatic carboxylic acids is 1. The van der Waals surface area contributed by atoms with Gasteiger partial charge in [0, 0.05) is 18.2 Å². The highest BCUT2D eigenvalue weighted by Crippen LogP contribution is 2.51. The number of phenolic OH excluding ortho intramolecular Hbond substituents is 1. The number of phenols is 1. The number of fused-ring (bicyclic) bond motifs is 1. The van der Waals surface area contributed by atoms with Crippen LogP contribution in [0.2, 0.25) is 0 Å². The molecule has 5 atom stereocenters. The zero-order chi connectivity index (χ0) is 25.1. The van der Waals surface area contributed by atoms with Gasteiger partial charge in [-0.05, 0) is 43.5 Å². The predicted molar refractivity (Wildman–Crippen MR) is 118 cm³/mol. The molecule has 4 N–H and O–H groups in total. The van der Waals surface area contributed by atoms with Gasteiger partial charge >= 0.3 is 5.97 Å². The number of aliphatic hydroxyl groups excluding tert-OH is 1. The molecule has 11 nitrogen and oxygen atoms in total. The summed E-state index contributed by atoms with van der Waals surface area (Å²) in [7, 11) is 0. The molecule has 0 bridgehead atoms. The Labute approximate surface area is 193 Å². The fraction of sp³-hybridized carbons (Fsp3) is 0.348. The summed E-state index contributed by atoms with van der Waals surface area (Å²) in [6.45, 7) is 4.52. The van der Waals surface area contributed by atoms with E-state index in [0.29, 0.717) is 16.7 Å². The standard InChI is InChI=1S/C23H23N3O8/c1-10-7-13(8-11(2)19(10)28)18-16-17(23(24-18,12(3)27)22(31)32)21(30)25(20(16)29)14-5-4-6-15(9-14)26(33)34/h4-9,12,16-18,24,27-28H,1-3H3,(H,31,32). The number of aryl methyl sites for hydroxylation is 2. The van der Waals surface area contributed by atoms with Gasteiger partial charge < -0.3 is 15.3 Å². The largest absolute Gasteiger partial charge is 0.507 e. The van der Waals surface area contributed by atoms with Crippen LogP contribution in [0.25, 0.3) is 0 Å². The molecule has 0 radical (unpaired) electrons. The quantitative estimate of drug-likeness (QED) is 0.288. The lowest BCUT2D eigenvalue weighted by molar-refractivity contribution is -0.384. The Hall–Kier alpha value is -3.83. The van der Waals surface area contributed by atoms with Crippen molar-refractivity contribution in [2.75, 3.05) is 4.90 Å². The smallest absolute Gasteiger partial charge is 0.327 e. The van der Waals surface area contributed by atoms with Crippen LogP contribution < -0.4 is 10.2 Å². The molecule has 2 aliphatic rings. The van der Waals surface area contributed by atoms with E-state index in [-0.39, 0.29) is 17.1 Å². The molecule has 2 aromatic carbocycles. The van der Waals surface area contributed by atoms with Crippen LogP contribution in [0.15, 0.2) is 36.4 Å². The lowest BCUT2D eigenvalue weighted by atomic mass is 9.76. The maximum absolute atomic E-state index is 13.6. The van der Waals surface area contributed by atoms with Crippen molar-refractivity contribution >= 4 is 29.2 Å². The van der Waals surface area contributed by atoms with Crippen LogP contribution in [-0.2, 0) is 14.4 Å². The average molecular weight is 469 g/mol. The molecule has 0 aliphatic carbocycles. The number of aliphatic hydroxyl groups is 1. The number of carbonyl (C=O) groups is 3. The van der Waals surface area contributed by atoms with Gasteiger partial charge in [-0.15, -0.1) is 0 Å². The minimum atomic E-state index is -2.18. The number of non-ortho nitro benzene ring substituents is 1. The molecular formula is C23H23N3O8. The first-order valence-corrected chi connectivity index (χ1v) is 10.5. The van der Waals surface area contributed by atoms with Gasteiger partial charge in [0.15, 0.2) is 5.54 Å². The van der Waals surface area contributed by atoms with Crippen LogP contribution in [0.5, 0.6) is 5.75 Å². The van der Waals surface area contributed by atoms with E-state index >= 15 is 0 Å². The van der Waals surface area contributed by atoms with E-state index < -0.39 is 52.2 Å². The van der Waals surface area contributed by atoms with E-state index in [0.717, 1.165) is 11.0 Å². The normalized spacial score (nSPS) is 27.1. The molecule has 0 spiro atoms. The number of nitrogens with one attached hydrogen (secondary N) is 1. The van der Waals surface area contributed by atoms with E-state index in [9.17, 15) is 39.8 Å². The maximum atomic E-state index is 13.6. The first kappa shape index (κ1) is 23.3. The Morgan fingerprint density at radius 1 is 1.18 bits per heavy atom. The van der Waals surface area contributed by atoms with Crippen molar-refractivity contribution in [1.29, 1.82) is 0 Å². The molecule has 2 amide bonds. The number of amides is 2. The number of aromatic hydroxyl groups is 1. The minimum absolute atomic E-state index is 0.0466. The third kappa shape index (κ3) is 3.16. The van der Waals surface area contributed by atoms with Crippen molar-refractivity contribution in [3.8, 4) is 5.75 Å². The first-order chi connectivity index (χ1) is 15.9. The Morgan fingerprint density at radius 3 is 2.32 bits per heavy atom. The number of carbonyl (C=O) groups excluding carboxylic acids is 2. The monoisotopic (exact) mass is 469 g/mol. The van der Waals surface area contributed by atoms with Crippen molar-refractivity contribution in [3.63, 3.8) is 0 Å². The highest BCUT2D eigenvalue weighted by molar-refractivity contribution is 6.24. The number of carboxylic acid groups (broad SMARTS) is 1. The number of anilines is 1. The summed E-state index contributed by atoms with van der Waals surface area (Å²) in [5.74, 6) is -5.75. The van der Waals surface area contributed by atoms with Gasteiger partial charge in [-0.2, -0.15) is 0 Å². The first-order valence-electron chi connectivity index (χ1n) is 10.5. The van der Waals surface area contributed by atoms with Gasteiger partial charge in [-0.1, -0.05) is 18.2 Å². The van der Waals surface area contributed by atoms with Crippen molar-refractivity contribution in [1.82, 2.24) is 5.32 Å². The molecule has 11 heteroatoms. The number of rotatable bonds is 5. The molecule has 5 unspecified atom stereocenters. The van der Waals surface area contributed by atoms with Crippen LogP contribution in [0.3, 0.4) is 0 Å². The van der Waals surface area contributed by atoms with Gasteiger partial charge in [0.1, 0.15) is 5.75 Å². The Morgan fingerprint density at radius 2 is 1.79 bits per heavy atom. The Kier molecular flexibility index (Phi) is 5.41. The minimum Gasteiger partial charge on any atom is -0.507 e. The van der Waals surface area contributed by atoms with E-state index in [4.69, 9.17) is 0 Å². The molecule has 2 saturated heterocycles. The summed E-state index contributed by atoms with van der Waals surface area (Å²) in [6, 6.07) is 7.15. The maximum Gasteiger partial charge on any atom is 0.327 e. The second-order valence-corrected chi connectivity index (χ2v) is 8.77. The Bertz CT molecular complexity index is 1220. The Balaban J connectivity index is 1.90. The summed E-state index contributed by atoms with van der Waals surface area (Å²) in [6.07, 6.45) is -1.57. The molecule has 0 saturated carbocycles. The number of imide groups is 1. The zero-order valence-corrected chi connectivity index (χ0v) is 18.6. The molecular weight excluding hydrogens is 446 g/mol. The molecule has 34 heavy (non-hydrogen) atoms. The lowest BCUT2D eigenvalue weighted by Crippen LogP contribution is -2.62. The molecule has 4 rings (SSSR count). The van der Waals surface area contributed by atoms with Crippen molar-refractivity contribution < 1.29 is 34.6 Å². The van der Waals surface area contributed by atoms with Crippen molar-refractivity contribution in [3.05, 3.63) is 63.2 Å². The highest BCUT2D eigenvalue weighted by atomic mass is 16.6. The molecule has 2 aromatic rings. The second kappa shape index (κ2) is 7.89. The van der Waals surface area contributed by atoms with Crippen molar-refractivity contribution in [2.45, 2.75) is 38.5 Å². The van der Waals surface area contributed by atoms with Gasteiger partial charge in [-0.25, -0.2) is 4.90 Å². The third-order valence-corrected chi connectivity index (χ3v) is 6.78. The number of benzene rings is 2. The fourth-order valence-corrected chi connectivity index (χ4v) is 5.16. The third-order valence-electron chi connectivity index (χ3n) is 6.78. The summed E-state index contributed by atoms with van der Waals surface area (Å²) in [4.78, 5) is 50.9. The highest BCUT2D eigenvalue weighted by Gasteiger charge is 2.70. The van der Waals surface area contributed by atoms with Crippen molar-refractivity contribution in [2.24, 2.45) is 11.8 Å². The molecule has 2 heterocycles. The number of hydrogen-bond donors (Lipinski definition) is 4. The van der Waals surface area contributed by atoms with Gasteiger partial charge in [-0.3, -0.25) is 29.8 Å². The predicted octanol–water partition coefficient (Wildman–Crippen LogP) is 1.57. The summed E-state index contributed by atoms with van der Waals surface area (Å²) in [5.41, 5.74) is -1.13. The molecule has 0 aromatic heterocycles. The number of hydrogen-bond acceptors (Lipinski definition) is 8. The summed E-state index contributed by atoms with van der Waals surface area (Å²) in [5, 5.41) is 44.9. The van der Waals surface area contributed by atoms with Gasteiger partial charge in [0.25, 0.3) is 5.69 Å². The topological polar surface area (TPSA) is 170 Å². The fourth-order valence-electron chi connectivity index (χ4n) is 5.16. The van der Waals surface area contributed by atoms with Crippen LogP contribution in [-0.4, -0.2) is 49.7 Å². The lowest BCUT2D eigenvalue weighted by Gasteiger charge is -2.33. The van der Waals surface area contributed by atoms with Crippen LogP contribution >= 0.6 is 0 Å². The molecule has 2 aliphatic heterocycles.